The summed E-state index contributed by atoms with van der Waals surface area (Å²) in [5.74, 6) is 0. The van der Waals surface area contributed by atoms with Gasteiger partial charge in [-0.25, -0.2) is 0 Å². The number of hydrogen-bond acceptors (Lipinski definition) is 2. The van der Waals surface area contributed by atoms with Gasteiger partial charge in [-0.05, 0) is 35.8 Å². The van der Waals surface area contributed by atoms with Crippen molar-refractivity contribution in [3.05, 3.63) is 21.9 Å². The maximum absolute atomic E-state index is 9.88. The van der Waals surface area contributed by atoms with Gasteiger partial charge in [0.25, 0.3) is 0 Å². The Kier molecular flexibility index (Phi) is 3.14. The molecule has 13 heavy (non-hydrogen) atoms. The smallest absolute Gasteiger partial charge is 0.0887 e. The Morgan fingerprint density at radius 2 is 2.08 bits per heavy atom. The molecule has 0 radical (unpaired) electrons. The average Bonchev–Trinajstić information content (AvgIpc) is 2.31. The Labute approximate surface area is 84.4 Å². The van der Waals surface area contributed by atoms with E-state index in [4.69, 9.17) is 0 Å². The molecule has 0 saturated carbocycles. The van der Waals surface area contributed by atoms with Gasteiger partial charge >= 0.3 is 0 Å². The number of aryl methyl sites for hydroxylation is 1. The van der Waals surface area contributed by atoms with Crippen LogP contribution in [0.15, 0.2) is 11.4 Å². The fourth-order valence-electron chi connectivity index (χ4n) is 1.31. The molecule has 1 unspecified atom stereocenters. The molecule has 1 nitrogen and oxygen atoms in total. The maximum Gasteiger partial charge on any atom is 0.0887 e. The summed E-state index contributed by atoms with van der Waals surface area (Å²) in [6.45, 7) is 8.51. The summed E-state index contributed by atoms with van der Waals surface area (Å²) in [6.07, 6.45) is 0.533. The quantitative estimate of drug-likeness (QED) is 0.771. The van der Waals surface area contributed by atoms with E-state index in [1.54, 1.807) is 11.3 Å². The van der Waals surface area contributed by atoms with E-state index < -0.39 is 0 Å². The fourth-order valence-corrected chi connectivity index (χ4v) is 2.19. The minimum absolute atomic E-state index is 0.192. The van der Waals surface area contributed by atoms with Gasteiger partial charge in [0.2, 0.25) is 0 Å². The maximum atomic E-state index is 9.88. The van der Waals surface area contributed by atoms with E-state index >= 15 is 0 Å². The van der Waals surface area contributed by atoms with Crippen LogP contribution in [-0.4, -0.2) is 5.11 Å². The number of thiophene rings is 1. The third-order valence-corrected chi connectivity index (χ3v) is 3.04. The van der Waals surface area contributed by atoms with E-state index in [0.717, 1.165) is 11.3 Å². The normalized spacial score (nSPS) is 14.5. The van der Waals surface area contributed by atoms with E-state index in [2.05, 4.69) is 39.1 Å². The molecule has 74 valence electrons. The van der Waals surface area contributed by atoms with Gasteiger partial charge in [-0.2, -0.15) is 0 Å². The predicted molar refractivity (Wildman–Crippen MR) is 58.1 cm³/mol. The van der Waals surface area contributed by atoms with Gasteiger partial charge in [0.15, 0.2) is 0 Å². The Bertz CT molecular complexity index is 270. The molecule has 0 aliphatic rings. The molecule has 0 aromatic carbocycles. The molecule has 1 aromatic heterocycles. The SMILES string of the molecule is Cc1csc(C(O)CC(C)(C)C)c1. The van der Waals surface area contributed by atoms with Crippen LogP contribution < -0.4 is 0 Å². The lowest BCUT2D eigenvalue weighted by molar-refractivity contribution is 0.125. The minimum atomic E-state index is -0.293. The topological polar surface area (TPSA) is 20.2 Å². The van der Waals surface area contributed by atoms with Crippen molar-refractivity contribution < 1.29 is 5.11 Å². The highest BCUT2D eigenvalue weighted by molar-refractivity contribution is 7.10. The lowest BCUT2D eigenvalue weighted by atomic mass is 9.89. The highest BCUT2D eigenvalue weighted by Crippen LogP contribution is 2.32. The molecular weight excluding hydrogens is 180 g/mol. The zero-order chi connectivity index (χ0) is 10.1. The fraction of sp³-hybridized carbons (Fsp3) is 0.636. The third kappa shape index (κ3) is 3.49. The first kappa shape index (κ1) is 10.7. The van der Waals surface area contributed by atoms with Crippen LogP contribution in [0.5, 0.6) is 0 Å². The Hall–Kier alpha value is -0.340. The van der Waals surface area contributed by atoms with E-state index in [1.807, 2.05) is 0 Å². The summed E-state index contributed by atoms with van der Waals surface area (Å²) < 4.78 is 0. The summed E-state index contributed by atoms with van der Waals surface area (Å²) in [4.78, 5) is 1.09. The van der Waals surface area contributed by atoms with Crippen molar-refractivity contribution in [1.82, 2.24) is 0 Å². The Morgan fingerprint density at radius 1 is 1.46 bits per heavy atom. The van der Waals surface area contributed by atoms with Crippen LogP contribution in [0.4, 0.5) is 0 Å². The van der Waals surface area contributed by atoms with Crippen molar-refractivity contribution in [2.24, 2.45) is 5.41 Å². The molecule has 1 heterocycles. The Morgan fingerprint density at radius 3 is 2.46 bits per heavy atom. The Balaban J connectivity index is 2.64. The summed E-state index contributed by atoms with van der Waals surface area (Å²) in [5, 5.41) is 12.0. The second-order valence-corrected chi connectivity index (χ2v) is 5.75. The van der Waals surface area contributed by atoms with Crippen LogP contribution in [0.2, 0.25) is 0 Å². The van der Waals surface area contributed by atoms with E-state index in [9.17, 15) is 5.11 Å². The van der Waals surface area contributed by atoms with Gasteiger partial charge in [-0.3, -0.25) is 0 Å². The zero-order valence-electron chi connectivity index (χ0n) is 8.79. The van der Waals surface area contributed by atoms with Crippen molar-refractivity contribution in [3.63, 3.8) is 0 Å². The van der Waals surface area contributed by atoms with Crippen molar-refractivity contribution >= 4 is 11.3 Å². The first-order valence-corrected chi connectivity index (χ1v) is 5.49. The molecule has 0 amide bonds. The lowest BCUT2D eigenvalue weighted by Crippen LogP contribution is -2.10. The summed E-state index contributed by atoms with van der Waals surface area (Å²) >= 11 is 1.65. The van der Waals surface area contributed by atoms with E-state index in [1.165, 1.54) is 5.56 Å². The first-order valence-electron chi connectivity index (χ1n) is 4.61. The van der Waals surface area contributed by atoms with Gasteiger partial charge in [-0.15, -0.1) is 11.3 Å². The predicted octanol–water partition coefficient (Wildman–Crippen LogP) is 3.53. The van der Waals surface area contributed by atoms with Crippen LogP contribution in [0.3, 0.4) is 0 Å². The molecule has 1 atom stereocenters. The van der Waals surface area contributed by atoms with Gasteiger partial charge in [-0.1, -0.05) is 20.8 Å². The summed E-state index contributed by atoms with van der Waals surface area (Å²) in [6, 6.07) is 2.07. The van der Waals surface area contributed by atoms with Crippen LogP contribution in [0.1, 0.15) is 43.7 Å². The van der Waals surface area contributed by atoms with Crippen molar-refractivity contribution in [1.29, 1.82) is 0 Å². The van der Waals surface area contributed by atoms with Crippen molar-refractivity contribution in [2.75, 3.05) is 0 Å². The van der Waals surface area contributed by atoms with Crippen molar-refractivity contribution in [2.45, 2.75) is 40.2 Å². The van der Waals surface area contributed by atoms with Crippen LogP contribution in [0, 0.1) is 12.3 Å². The minimum Gasteiger partial charge on any atom is -0.388 e. The average molecular weight is 198 g/mol. The molecule has 1 N–H and O–H groups in total. The molecule has 0 saturated heterocycles. The molecular formula is C11H18OS. The van der Waals surface area contributed by atoms with E-state index in [0.29, 0.717) is 0 Å². The highest BCUT2D eigenvalue weighted by Gasteiger charge is 2.18. The van der Waals surface area contributed by atoms with Crippen LogP contribution >= 0.6 is 11.3 Å². The van der Waals surface area contributed by atoms with Crippen molar-refractivity contribution in [3.8, 4) is 0 Å². The molecule has 0 fully saturated rings. The molecule has 0 aliphatic heterocycles. The van der Waals surface area contributed by atoms with E-state index in [-0.39, 0.29) is 11.5 Å². The van der Waals surface area contributed by atoms with Gasteiger partial charge in [0.05, 0.1) is 6.10 Å². The third-order valence-electron chi connectivity index (χ3n) is 1.88. The van der Waals surface area contributed by atoms with Crippen LogP contribution in [0.25, 0.3) is 0 Å². The number of rotatable bonds is 2. The number of hydrogen-bond donors (Lipinski definition) is 1. The number of aliphatic hydroxyl groups is 1. The highest BCUT2D eigenvalue weighted by atomic mass is 32.1. The molecule has 1 rings (SSSR count). The van der Waals surface area contributed by atoms with Gasteiger partial charge in [0, 0.05) is 4.88 Å². The second-order valence-electron chi connectivity index (χ2n) is 4.81. The lowest BCUT2D eigenvalue weighted by Gasteiger charge is -2.21. The molecule has 2 heteroatoms. The molecule has 0 bridgehead atoms. The molecule has 0 aliphatic carbocycles. The second kappa shape index (κ2) is 3.81. The standard InChI is InChI=1S/C11H18OS/c1-8-5-10(13-7-8)9(12)6-11(2,3)4/h5,7,9,12H,6H2,1-4H3. The van der Waals surface area contributed by atoms with Gasteiger partial charge in [0.1, 0.15) is 0 Å². The summed E-state index contributed by atoms with van der Waals surface area (Å²) in [5.41, 5.74) is 1.44. The van der Waals surface area contributed by atoms with Gasteiger partial charge < -0.3 is 5.11 Å². The monoisotopic (exact) mass is 198 g/mol. The van der Waals surface area contributed by atoms with Crippen LogP contribution in [-0.2, 0) is 0 Å². The summed E-state index contributed by atoms with van der Waals surface area (Å²) in [7, 11) is 0. The molecule has 1 aromatic rings. The largest absolute Gasteiger partial charge is 0.388 e. The zero-order valence-corrected chi connectivity index (χ0v) is 9.61. The molecule has 0 spiro atoms. The number of aliphatic hydroxyl groups excluding tert-OH is 1. The first-order chi connectivity index (χ1) is 5.88.